The number of imidazole rings is 1. The fraction of sp³-hybridized carbons (Fsp3) is 0.526. The number of aromatic nitrogens is 3. The molecule has 4 heterocycles. The number of nitrogens with zero attached hydrogens (tertiary/aromatic N) is 4. The number of hydrogen-bond donors (Lipinski definition) is 2. The number of morpholine rings is 1. The van der Waals surface area contributed by atoms with Crippen LogP contribution >= 0.6 is 0 Å². The molecule has 0 amide bonds. The normalized spacial score (nSPS) is 24.7. The lowest BCUT2D eigenvalue weighted by Crippen LogP contribution is -2.46. The van der Waals surface area contributed by atoms with Crippen LogP contribution in [-0.4, -0.2) is 74.6 Å². The van der Waals surface area contributed by atoms with E-state index < -0.39 is 0 Å². The Morgan fingerprint density at radius 2 is 2.15 bits per heavy atom. The van der Waals surface area contributed by atoms with E-state index >= 15 is 0 Å². The number of rotatable bonds is 4. The first-order chi connectivity index (χ1) is 13.2. The standard InChI is InChI=1S/C18H24N4O2.CH2O2/c1-13-3-2-4-17(20-13)18-19-6-7-22(18)14-9-15-12-24-16(5-8-23)11-21(15)10-14;2-1-3/h2-4,6-7,14-16,23H,5,8-12H2,1H3;1H,(H,2,3)/t14-,15+,16+;/m1./s1. The minimum atomic E-state index is -0.250. The average Bonchev–Trinajstić information content (AvgIpc) is 3.29. The second-order valence-electron chi connectivity index (χ2n) is 6.89. The first-order valence-electron chi connectivity index (χ1n) is 9.17. The third kappa shape index (κ3) is 4.52. The molecule has 0 saturated carbocycles. The van der Waals surface area contributed by atoms with E-state index in [0.717, 1.165) is 49.8 Å². The van der Waals surface area contributed by atoms with Crippen molar-refractivity contribution in [3.63, 3.8) is 0 Å². The van der Waals surface area contributed by atoms with E-state index in [2.05, 4.69) is 25.6 Å². The van der Waals surface area contributed by atoms with Crippen molar-refractivity contribution < 1.29 is 19.7 Å². The molecule has 2 saturated heterocycles. The van der Waals surface area contributed by atoms with E-state index in [9.17, 15) is 0 Å². The third-order valence-electron chi connectivity index (χ3n) is 5.10. The number of ether oxygens (including phenoxy) is 1. The topological polar surface area (TPSA) is 101 Å². The van der Waals surface area contributed by atoms with Gasteiger partial charge in [0.1, 0.15) is 5.69 Å². The summed E-state index contributed by atoms with van der Waals surface area (Å²) in [5, 5.41) is 16.0. The van der Waals surface area contributed by atoms with E-state index in [1.54, 1.807) is 0 Å². The Morgan fingerprint density at radius 1 is 1.33 bits per heavy atom. The van der Waals surface area contributed by atoms with E-state index in [1.807, 2.05) is 31.3 Å². The maximum atomic E-state index is 9.13. The highest BCUT2D eigenvalue weighted by atomic mass is 16.5. The molecule has 2 aromatic heterocycles. The van der Waals surface area contributed by atoms with E-state index in [4.69, 9.17) is 19.7 Å². The van der Waals surface area contributed by atoms with Crippen LogP contribution in [0.5, 0.6) is 0 Å². The van der Waals surface area contributed by atoms with Gasteiger partial charge in [-0.3, -0.25) is 9.69 Å². The summed E-state index contributed by atoms with van der Waals surface area (Å²) in [5.41, 5.74) is 1.94. The van der Waals surface area contributed by atoms with E-state index in [1.165, 1.54) is 0 Å². The lowest BCUT2D eigenvalue weighted by Gasteiger charge is -2.34. The zero-order chi connectivity index (χ0) is 19.2. The molecule has 2 aromatic rings. The van der Waals surface area contributed by atoms with Crippen molar-refractivity contribution in [2.24, 2.45) is 0 Å². The van der Waals surface area contributed by atoms with Gasteiger partial charge in [0, 0.05) is 49.9 Å². The molecule has 2 fully saturated rings. The van der Waals surface area contributed by atoms with Crippen molar-refractivity contribution >= 4 is 6.47 Å². The first kappa shape index (κ1) is 19.5. The van der Waals surface area contributed by atoms with Crippen molar-refractivity contribution in [3.8, 4) is 11.5 Å². The second-order valence-corrected chi connectivity index (χ2v) is 6.89. The SMILES string of the molecule is Cc1cccc(-c2nccn2[C@@H]2C[C@H]3CO[C@@H](CCO)CN3C2)n1.O=CO. The smallest absolute Gasteiger partial charge is 0.290 e. The Labute approximate surface area is 158 Å². The fourth-order valence-corrected chi connectivity index (χ4v) is 3.91. The lowest BCUT2D eigenvalue weighted by molar-refractivity contribution is -0.122. The zero-order valence-electron chi connectivity index (χ0n) is 15.4. The van der Waals surface area contributed by atoms with Gasteiger partial charge in [-0.05, 0) is 31.9 Å². The number of aliphatic hydroxyl groups is 1. The van der Waals surface area contributed by atoms with Crippen LogP contribution in [0, 0.1) is 6.92 Å². The molecule has 0 bridgehead atoms. The molecule has 0 aliphatic carbocycles. The van der Waals surface area contributed by atoms with Gasteiger partial charge in [-0.2, -0.15) is 0 Å². The zero-order valence-corrected chi connectivity index (χ0v) is 15.4. The minimum Gasteiger partial charge on any atom is -0.483 e. The van der Waals surface area contributed by atoms with Gasteiger partial charge in [0.15, 0.2) is 5.82 Å². The number of hydrogen-bond acceptors (Lipinski definition) is 6. The van der Waals surface area contributed by atoms with Gasteiger partial charge >= 0.3 is 0 Å². The van der Waals surface area contributed by atoms with Gasteiger partial charge in [-0.25, -0.2) is 9.97 Å². The quantitative estimate of drug-likeness (QED) is 0.779. The van der Waals surface area contributed by atoms with Gasteiger partial charge in [0.25, 0.3) is 6.47 Å². The van der Waals surface area contributed by atoms with E-state index in [0.29, 0.717) is 12.1 Å². The molecule has 2 aliphatic heterocycles. The highest BCUT2D eigenvalue weighted by Crippen LogP contribution is 2.33. The summed E-state index contributed by atoms with van der Waals surface area (Å²) in [5.74, 6) is 0.941. The van der Waals surface area contributed by atoms with Crippen molar-refractivity contribution in [1.29, 1.82) is 0 Å². The number of aliphatic hydroxyl groups excluding tert-OH is 1. The largest absolute Gasteiger partial charge is 0.483 e. The Morgan fingerprint density at radius 3 is 2.89 bits per heavy atom. The molecule has 0 radical (unpaired) electrons. The van der Waals surface area contributed by atoms with Crippen molar-refractivity contribution in [1.82, 2.24) is 19.4 Å². The Kier molecular flexibility index (Phi) is 6.54. The number of aryl methyl sites for hydroxylation is 1. The molecule has 146 valence electrons. The van der Waals surface area contributed by atoms with E-state index in [-0.39, 0.29) is 19.2 Å². The lowest BCUT2D eigenvalue weighted by atomic mass is 10.1. The molecule has 8 heteroatoms. The summed E-state index contributed by atoms with van der Waals surface area (Å²) in [7, 11) is 0. The predicted octanol–water partition coefficient (Wildman–Crippen LogP) is 1.35. The molecule has 4 rings (SSSR count). The van der Waals surface area contributed by atoms with Crippen molar-refractivity contribution in [3.05, 3.63) is 36.3 Å². The summed E-state index contributed by atoms with van der Waals surface area (Å²) < 4.78 is 8.15. The number of carboxylic acid groups (broad SMARTS) is 1. The Balaban J connectivity index is 0.000000659. The van der Waals surface area contributed by atoms with Crippen LogP contribution in [0.2, 0.25) is 0 Å². The summed E-state index contributed by atoms with van der Waals surface area (Å²) in [4.78, 5) is 20.0. The molecular weight excluding hydrogens is 348 g/mol. The van der Waals surface area contributed by atoms with Gasteiger partial charge in [0.2, 0.25) is 0 Å². The molecule has 8 nitrogen and oxygen atoms in total. The highest BCUT2D eigenvalue weighted by Gasteiger charge is 2.38. The Hall–Kier alpha value is -2.29. The van der Waals surface area contributed by atoms with Crippen LogP contribution in [0.1, 0.15) is 24.6 Å². The summed E-state index contributed by atoms with van der Waals surface area (Å²) in [6.45, 7) is 4.62. The highest BCUT2D eigenvalue weighted by molar-refractivity contribution is 5.50. The van der Waals surface area contributed by atoms with Gasteiger partial charge in [-0.15, -0.1) is 0 Å². The number of carbonyl (C=O) groups is 1. The molecule has 27 heavy (non-hydrogen) atoms. The minimum absolute atomic E-state index is 0.158. The molecule has 0 spiro atoms. The van der Waals surface area contributed by atoms with Crippen LogP contribution in [0.3, 0.4) is 0 Å². The molecule has 0 aromatic carbocycles. The molecule has 2 aliphatic rings. The second kappa shape index (κ2) is 9.07. The van der Waals surface area contributed by atoms with Crippen LogP contribution in [0.15, 0.2) is 30.6 Å². The average molecular weight is 374 g/mol. The number of pyridine rings is 1. The predicted molar refractivity (Wildman–Crippen MR) is 99.3 cm³/mol. The summed E-state index contributed by atoms with van der Waals surface area (Å²) >= 11 is 0. The first-order valence-corrected chi connectivity index (χ1v) is 9.17. The fourth-order valence-electron chi connectivity index (χ4n) is 3.91. The maximum Gasteiger partial charge on any atom is 0.290 e. The van der Waals surface area contributed by atoms with Crippen LogP contribution in [0.25, 0.3) is 11.5 Å². The van der Waals surface area contributed by atoms with Gasteiger partial charge < -0.3 is 19.5 Å². The monoisotopic (exact) mass is 374 g/mol. The summed E-state index contributed by atoms with van der Waals surface area (Å²) in [6, 6.07) is 6.92. The van der Waals surface area contributed by atoms with Crippen LogP contribution in [0.4, 0.5) is 0 Å². The molecule has 3 atom stereocenters. The molecule has 2 N–H and O–H groups in total. The van der Waals surface area contributed by atoms with Crippen molar-refractivity contribution in [2.75, 3.05) is 26.3 Å². The van der Waals surface area contributed by atoms with Gasteiger partial charge in [-0.1, -0.05) is 6.07 Å². The maximum absolute atomic E-state index is 9.13. The molecule has 0 unspecified atom stereocenters. The molecular formula is C19H26N4O4. The van der Waals surface area contributed by atoms with Crippen LogP contribution in [-0.2, 0) is 9.53 Å². The van der Waals surface area contributed by atoms with Crippen molar-refractivity contribution in [2.45, 2.75) is 38.0 Å². The summed E-state index contributed by atoms with van der Waals surface area (Å²) in [6.07, 6.45) is 5.88. The third-order valence-corrected chi connectivity index (χ3v) is 5.10. The Bertz CT molecular complexity index is 751. The van der Waals surface area contributed by atoms with Crippen LogP contribution < -0.4 is 0 Å². The number of fused-ring (bicyclic) bond motifs is 1. The van der Waals surface area contributed by atoms with Gasteiger partial charge in [0.05, 0.1) is 12.7 Å².